The highest BCUT2D eigenvalue weighted by molar-refractivity contribution is 6.30. The van der Waals surface area contributed by atoms with Crippen LogP contribution in [0.4, 0.5) is 5.82 Å². The molecule has 6 nitrogen and oxygen atoms in total. The average molecular weight is 487 g/mol. The number of nitrogen functional groups attached to an aromatic ring is 2. The first-order valence-corrected chi connectivity index (χ1v) is 12.2. The fourth-order valence-electron chi connectivity index (χ4n) is 4.85. The van der Waals surface area contributed by atoms with E-state index < -0.39 is 0 Å². The van der Waals surface area contributed by atoms with E-state index in [1.165, 1.54) is 17.5 Å². The maximum Gasteiger partial charge on any atom is 0.136 e. The summed E-state index contributed by atoms with van der Waals surface area (Å²) in [6.07, 6.45) is 11.1. The molecule has 1 aromatic carbocycles. The van der Waals surface area contributed by atoms with E-state index in [9.17, 15) is 0 Å². The summed E-state index contributed by atoms with van der Waals surface area (Å²) in [6.45, 7) is 12.8. The molecule has 7 heteroatoms. The molecule has 0 bridgehead atoms. The van der Waals surface area contributed by atoms with Crippen molar-refractivity contribution in [1.29, 1.82) is 5.41 Å². The molecule has 6 N–H and O–H groups in total. The number of amidine groups is 1. The number of dihydropyridines is 1. The first-order chi connectivity index (χ1) is 16.9. The Morgan fingerprint density at radius 1 is 1.26 bits per heavy atom. The Bertz CT molecular complexity index is 1420. The number of nitrogens with one attached hydrogen (secondary N) is 2. The van der Waals surface area contributed by atoms with Crippen LogP contribution in [0.2, 0.25) is 5.15 Å². The van der Waals surface area contributed by atoms with Gasteiger partial charge in [-0.2, -0.15) is 0 Å². The van der Waals surface area contributed by atoms with Crippen LogP contribution in [0.25, 0.3) is 22.6 Å². The molecule has 0 saturated carbocycles. The number of hydrogen-bond donors (Lipinski definition) is 4. The van der Waals surface area contributed by atoms with Gasteiger partial charge < -0.3 is 21.4 Å². The molecular weight excluding hydrogens is 456 g/mol. The quantitative estimate of drug-likeness (QED) is 0.208. The molecule has 0 amide bonds. The standard InChI is InChI=1S/C26H25ClN6.C2H6/c1-3-21-23(18-8-5-9-31-14(18)2)19-10-15-6-4-7-16(15)12-22(19)33(21)13-17-11-20(25(28)29)26(30)32-24(17)27;1-2/h3,5,8-12,31H,1-2,4,6-7,13H2,(H3,28,29)(H2,30,32);1-2H3. The third-order valence-corrected chi connectivity index (χ3v) is 6.75. The summed E-state index contributed by atoms with van der Waals surface area (Å²) in [5.41, 5.74) is 20.6. The van der Waals surface area contributed by atoms with Crippen LogP contribution in [0, 0.1) is 5.41 Å². The SMILES string of the molecule is C=Cc1c(C2=CC=CNC2=C)c2cc3c(cc2n1Cc1cc(C(=N)N)c(N)nc1Cl)CCC3.CC. The number of nitrogens with zero attached hydrogens (tertiary/aromatic N) is 2. The highest BCUT2D eigenvalue weighted by Gasteiger charge is 2.24. The van der Waals surface area contributed by atoms with Gasteiger partial charge in [-0.25, -0.2) is 4.98 Å². The number of aryl methyl sites for hydroxylation is 2. The van der Waals surface area contributed by atoms with Crippen molar-refractivity contribution in [1.82, 2.24) is 14.9 Å². The lowest BCUT2D eigenvalue weighted by molar-refractivity contribution is 0.821. The molecule has 0 saturated heterocycles. The third kappa shape index (κ3) is 4.26. The van der Waals surface area contributed by atoms with Crippen LogP contribution >= 0.6 is 11.6 Å². The van der Waals surface area contributed by atoms with Gasteiger partial charge in [0, 0.05) is 45.2 Å². The minimum atomic E-state index is -0.140. The normalized spacial score (nSPS) is 14.1. The van der Waals surface area contributed by atoms with Gasteiger partial charge in [-0.3, -0.25) is 5.41 Å². The summed E-state index contributed by atoms with van der Waals surface area (Å²) in [7, 11) is 0. The molecule has 3 aromatic rings. The molecule has 0 atom stereocenters. The van der Waals surface area contributed by atoms with E-state index >= 15 is 0 Å². The van der Waals surface area contributed by atoms with E-state index in [1.54, 1.807) is 6.07 Å². The Hall–Kier alpha value is -3.77. The Kier molecular flexibility index (Phi) is 6.85. The number of aromatic nitrogens is 2. The zero-order chi connectivity index (χ0) is 25.3. The second-order valence-electron chi connectivity index (χ2n) is 8.39. The molecule has 2 aromatic heterocycles. The lowest BCUT2D eigenvalue weighted by atomic mass is 9.96. The number of fused-ring (bicyclic) bond motifs is 2. The van der Waals surface area contributed by atoms with E-state index in [0.29, 0.717) is 17.3 Å². The predicted molar refractivity (Wildman–Crippen MR) is 149 cm³/mol. The van der Waals surface area contributed by atoms with Crippen molar-refractivity contribution in [3.05, 3.63) is 94.1 Å². The van der Waals surface area contributed by atoms with E-state index in [4.69, 9.17) is 28.5 Å². The number of hydrogen-bond acceptors (Lipinski definition) is 4. The van der Waals surface area contributed by atoms with Crippen LogP contribution in [0.1, 0.15) is 53.8 Å². The van der Waals surface area contributed by atoms with Gasteiger partial charge in [-0.15, -0.1) is 0 Å². The van der Waals surface area contributed by atoms with Crippen LogP contribution in [-0.4, -0.2) is 15.4 Å². The Morgan fingerprint density at radius 2 is 1.97 bits per heavy atom. The maximum atomic E-state index is 7.84. The van der Waals surface area contributed by atoms with Gasteiger partial charge in [0.15, 0.2) is 0 Å². The van der Waals surface area contributed by atoms with Crippen molar-refractivity contribution >= 4 is 45.8 Å². The van der Waals surface area contributed by atoms with Crippen LogP contribution < -0.4 is 16.8 Å². The summed E-state index contributed by atoms with van der Waals surface area (Å²) in [4.78, 5) is 4.23. The highest BCUT2D eigenvalue weighted by atomic mass is 35.5. The Balaban J connectivity index is 0.00000141. The minimum absolute atomic E-state index is 0.140. The van der Waals surface area contributed by atoms with Crippen molar-refractivity contribution in [2.75, 3.05) is 5.73 Å². The van der Waals surface area contributed by atoms with Crippen molar-refractivity contribution in [3.8, 4) is 0 Å². The maximum absolute atomic E-state index is 7.84. The molecular formula is C28H31ClN6. The van der Waals surface area contributed by atoms with E-state index in [1.807, 2.05) is 32.2 Å². The lowest BCUT2D eigenvalue weighted by Gasteiger charge is -2.16. The number of rotatable bonds is 5. The van der Waals surface area contributed by atoms with Gasteiger partial charge in [0.2, 0.25) is 0 Å². The van der Waals surface area contributed by atoms with Crippen LogP contribution in [-0.2, 0) is 19.4 Å². The number of pyridine rings is 1. The zero-order valence-corrected chi connectivity index (χ0v) is 21.0. The Morgan fingerprint density at radius 3 is 2.63 bits per heavy atom. The lowest BCUT2D eigenvalue weighted by Crippen LogP contribution is -2.16. The van der Waals surface area contributed by atoms with Gasteiger partial charge in [-0.1, -0.05) is 44.7 Å². The average Bonchev–Trinajstić information content (AvgIpc) is 3.42. The first kappa shape index (κ1) is 24.4. The predicted octanol–water partition coefficient (Wildman–Crippen LogP) is 5.78. The van der Waals surface area contributed by atoms with Crippen molar-refractivity contribution in [2.45, 2.75) is 39.7 Å². The van der Waals surface area contributed by atoms with Gasteiger partial charge in [0.1, 0.15) is 16.8 Å². The van der Waals surface area contributed by atoms with E-state index in [0.717, 1.165) is 51.8 Å². The molecule has 0 spiro atoms. The molecule has 2 aliphatic rings. The summed E-state index contributed by atoms with van der Waals surface area (Å²) in [5.74, 6) is 0.0110. The second-order valence-corrected chi connectivity index (χ2v) is 8.75. The molecule has 0 unspecified atom stereocenters. The van der Waals surface area contributed by atoms with Gasteiger partial charge in [0.05, 0.1) is 12.1 Å². The number of allylic oxidation sites excluding steroid dienone is 3. The molecule has 0 radical (unpaired) electrons. The third-order valence-electron chi connectivity index (χ3n) is 6.42. The minimum Gasteiger partial charge on any atom is -0.384 e. The van der Waals surface area contributed by atoms with Crippen LogP contribution in [0.3, 0.4) is 0 Å². The summed E-state index contributed by atoms with van der Waals surface area (Å²) in [6, 6.07) is 6.35. The van der Waals surface area contributed by atoms with Crippen molar-refractivity contribution in [2.24, 2.45) is 5.73 Å². The van der Waals surface area contributed by atoms with Crippen molar-refractivity contribution < 1.29 is 0 Å². The molecule has 0 fully saturated rings. The first-order valence-electron chi connectivity index (χ1n) is 11.8. The van der Waals surface area contributed by atoms with E-state index in [2.05, 4.69) is 46.2 Å². The summed E-state index contributed by atoms with van der Waals surface area (Å²) < 4.78 is 2.20. The highest BCUT2D eigenvalue weighted by Crippen LogP contribution is 2.39. The van der Waals surface area contributed by atoms with Crippen LogP contribution in [0.15, 0.2) is 55.4 Å². The van der Waals surface area contributed by atoms with Gasteiger partial charge in [-0.05, 0) is 60.7 Å². The fraction of sp³-hybridized carbons (Fsp3) is 0.214. The Labute approximate surface area is 211 Å². The molecule has 35 heavy (non-hydrogen) atoms. The zero-order valence-electron chi connectivity index (χ0n) is 20.2. The van der Waals surface area contributed by atoms with Crippen molar-refractivity contribution in [3.63, 3.8) is 0 Å². The smallest absolute Gasteiger partial charge is 0.136 e. The summed E-state index contributed by atoms with van der Waals surface area (Å²) >= 11 is 6.49. The van der Waals surface area contributed by atoms with Gasteiger partial charge in [0.25, 0.3) is 0 Å². The summed E-state index contributed by atoms with van der Waals surface area (Å²) in [5, 5.41) is 12.5. The number of anilines is 1. The fourth-order valence-corrected chi connectivity index (χ4v) is 5.06. The molecule has 180 valence electrons. The number of nitrogens with two attached hydrogens (primary N) is 2. The second kappa shape index (κ2) is 9.84. The monoisotopic (exact) mass is 486 g/mol. The van der Waals surface area contributed by atoms with Crippen LogP contribution in [0.5, 0.6) is 0 Å². The molecule has 5 rings (SSSR count). The number of benzene rings is 1. The molecule has 1 aliphatic carbocycles. The number of halogens is 1. The van der Waals surface area contributed by atoms with Gasteiger partial charge >= 0.3 is 0 Å². The molecule has 1 aliphatic heterocycles. The molecule has 3 heterocycles. The largest absolute Gasteiger partial charge is 0.384 e. The van der Waals surface area contributed by atoms with E-state index in [-0.39, 0.29) is 11.7 Å². The topological polar surface area (TPSA) is 106 Å².